The smallest absolute Gasteiger partial charge is 0.370 e. The number of unbranched alkanes of at least 4 members (excludes halogenated alkanes) is 6. The molecule has 146 valence electrons. The SMILES string of the molecule is CCCCCCCCCC(S)[Si](OC(C)C)(OC(C)C)OC(C)C. The first-order chi connectivity index (χ1) is 11.2. The zero-order valence-electron chi connectivity index (χ0n) is 17.1. The highest BCUT2D eigenvalue weighted by molar-refractivity contribution is 7.83. The van der Waals surface area contributed by atoms with Gasteiger partial charge in [0.25, 0.3) is 0 Å². The standard InChI is InChI=1S/C19H42O3SSi/c1-8-9-10-11-12-13-14-15-19(23)24(20-16(2)3,21-17(4)5)22-18(6)7/h16-19,23H,8-15H2,1-7H3. The van der Waals surface area contributed by atoms with E-state index in [-0.39, 0.29) is 23.2 Å². The zero-order chi connectivity index (χ0) is 18.6. The van der Waals surface area contributed by atoms with E-state index in [1.807, 2.05) is 41.5 Å². The Morgan fingerprint density at radius 1 is 0.667 bits per heavy atom. The Morgan fingerprint density at radius 3 is 1.42 bits per heavy atom. The molecule has 0 amide bonds. The van der Waals surface area contributed by atoms with Crippen molar-refractivity contribution in [2.75, 3.05) is 0 Å². The van der Waals surface area contributed by atoms with Crippen molar-refractivity contribution >= 4 is 21.4 Å². The third kappa shape index (κ3) is 11.1. The summed E-state index contributed by atoms with van der Waals surface area (Å²) < 4.78 is 18.7. The molecule has 0 radical (unpaired) electrons. The molecule has 0 bridgehead atoms. The molecular formula is C19H42O3SSi. The monoisotopic (exact) mass is 378 g/mol. The summed E-state index contributed by atoms with van der Waals surface area (Å²) in [5.74, 6) is 0. The quantitative estimate of drug-likeness (QED) is 0.209. The fraction of sp³-hybridized carbons (Fsp3) is 1.00. The lowest BCUT2D eigenvalue weighted by molar-refractivity contribution is 0.00129. The number of hydrogen-bond donors (Lipinski definition) is 1. The van der Waals surface area contributed by atoms with Crippen LogP contribution in [-0.2, 0) is 13.3 Å². The maximum atomic E-state index is 6.25. The summed E-state index contributed by atoms with van der Waals surface area (Å²) >= 11 is 4.88. The van der Waals surface area contributed by atoms with Crippen molar-refractivity contribution < 1.29 is 13.3 Å². The first-order valence-electron chi connectivity index (χ1n) is 9.95. The Labute approximate surface area is 158 Å². The molecular weight excluding hydrogens is 336 g/mol. The van der Waals surface area contributed by atoms with Gasteiger partial charge < -0.3 is 13.3 Å². The second-order valence-corrected chi connectivity index (χ2v) is 11.2. The van der Waals surface area contributed by atoms with E-state index in [0.717, 1.165) is 6.42 Å². The van der Waals surface area contributed by atoms with E-state index >= 15 is 0 Å². The Hall–Kier alpha value is 0.447. The minimum atomic E-state index is -2.81. The van der Waals surface area contributed by atoms with Crippen molar-refractivity contribution in [2.24, 2.45) is 0 Å². The van der Waals surface area contributed by atoms with E-state index < -0.39 is 8.80 Å². The van der Waals surface area contributed by atoms with Crippen LogP contribution in [0.2, 0.25) is 0 Å². The molecule has 0 aromatic heterocycles. The highest BCUT2D eigenvalue weighted by Gasteiger charge is 2.50. The van der Waals surface area contributed by atoms with Crippen molar-refractivity contribution in [3.63, 3.8) is 0 Å². The summed E-state index contributed by atoms with van der Waals surface area (Å²) in [7, 11) is -2.81. The molecule has 0 heterocycles. The molecule has 0 spiro atoms. The molecule has 0 rings (SSSR count). The van der Waals surface area contributed by atoms with E-state index in [1.165, 1.54) is 44.9 Å². The van der Waals surface area contributed by atoms with E-state index in [1.54, 1.807) is 0 Å². The molecule has 0 aliphatic rings. The highest BCUT2D eigenvalue weighted by Crippen LogP contribution is 2.28. The van der Waals surface area contributed by atoms with Gasteiger partial charge in [0.2, 0.25) is 0 Å². The van der Waals surface area contributed by atoms with Crippen molar-refractivity contribution in [2.45, 2.75) is 123 Å². The highest BCUT2D eigenvalue weighted by atomic mass is 32.1. The Balaban J connectivity index is 4.61. The van der Waals surface area contributed by atoms with Gasteiger partial charge in [0.05, 0.1) is 4.87 Å². The predicted molar refractivity (Wildman–Crippen MR) is 110 cm³/mol. The van der Waals surface area contributed by atoms with Crippen LogP contribution in [0.4, 0.5) is 0 Å². The zero-order valence-corrected chi connectivity index (χ0v) is 19.0. The van der Waals surface area contributed by atoms with Crippen molar-refractivity contribution in [1.82, 2.24) is 0 Å². The topological polar surface area (TPSA) is 27.7 Å². The van der Waals surface area contributed by atoms with Gasteiger partial charge >= 0.3 is 8.80 Å². The van der Waals surface area contributed by atoms with Crippen LogP contribution in [0.1, 0.15) is 99.8 Å². The van der Waals surface area contributed by atoms with Crippen LogP contribution < -0.4 is 0 Å². The third-order valence-corrected chi connectivity index (χ3v) is 8.40. The molecule has 1 unspecified atom stereocenters. The van der Waals surface area contributed by atoms with Crippen LogP contribution in [0.5, 0.6) is 0 Å². The largest absolute Gasteiger partial charge is 0.515 e. The van der Waals surface area contributed by atoms with Crippen molar-refractivity contribution in [1.29, 1.82) is 0 Å². The van der Waals surface area contributed by atoms with Crippen LogP contribution in [0.3, 0.4) is 0 Å². The van der Waals surface area contributed by atoms with Gasteiger partial charge in [-0.2, -0.15) is 12.6 Å². The van der Waals surface area contributed by atoms with E-state index in [2.05, 4.69) is 6.92 Å². The van der Waals surface area contributed by atoms with Crippen molar-refractivity contribution in [3.05, 3.63) is 0 Å². The molecule has 0 aliphatic heterocycles. The first-order valence-corrected chi connectivity index (χ1v) is 12.3. The van der Waals surface area contributed by atoms with E-state index in [9.17, 15) is 0 Å². The summed E-state index contributed by atoms with van der Waals surface area (Å²) in [5, 5.41) is 0. The summed E-state index contributed by atoms with van der Waals surface area (Å²) in [4.78, 5) is 0.0420. The number of rotatable bonds is 15. The fourth-order valence-electron chi connectivity index (χ4n) is 2.78. The van der Waals surface area contributed by atoms with Crippen LogP contribution in [0.15, 0.2) is 0 Å². The third-order valence-electron chi connectivity index (χ3n) is 3.69. The van der Waals surface area contributed by atoms with Gasteiger partial charge in [-0.25, -0.2) is 0 Å². The minimum Gasteiger partial charge on any atom is -0.370 e. The summed E-state index contributed by atoms with van der Waals surface area (Å²) in [6.45, 7) is 14.5. The molecule has 0 aromatic rings. The van der Waals surface area contributed by atoms with Crippen LogP contribution in [-0.4, -0.2) is 32.0 Å². The van der Waals surface area contributed by atoms with Gasteiger partial charge in [-0.1, -0.05) is 51.9 Å². The molecule has 1 atom stereocenters. The fourth-order valence-corrected chi connectivity index (χ4v) is 6.67. The molecule has 0 saturated heterocycles. The maximum absolute atomic E-state index is 6.25. The predicted octanol–water partition coefficient (Wildman–Crippen LogP) is 6.18. The van der Waals surface area contributed by atoms with Crippen LogP contribution in [0, 0.1) is 0 Å². The maximum Gasteiger partial charge on any atom is 0.515 e. The lowest BCUT2D eigenvalue weighted by Crippen LogP contribution is -2.58. The minimum absolute atomic E-state index is 0.0420. The number of thiol groups is 1. The Bertz CT molecular complexity index is 272. The average molecular weight is 379 g/mol. The molecule has 0 aliphatic carbocycles. The van der Waals surface area contributed by atoms with Gasteiger partial charge in [-0.15, -0.1) is 0 Å². The second-order valence-electron chi connectivity index (χ2n) is 7.53. The van der Waals surface area contributed by atoms with Gasteiger partial charge in [0.1, 0.15) is 0 Å². The van der Waals surface area contributed by atoms with E-state index in [0.29, 0.717) is 0 Å². The molecule has 0 aromatic carbocycles. The molecule has 0 saturated carbocycles. The van der Waals surface area contributed by atoms with Crippen LogP contribution in [0.25, 0.3) is 0 Å². The summed E-state index contributed by atoms with van der Waals surface area (Å²) in [6.07, 6.45) is 10.4. The molecule has 0 fully saturated rings. The lowest BCUT2D eigenvalue weighted by Gasteiger charge is -2.38. The lowest BCUT2D eigenvalue weighted by atomic mass is 10.1. The van der Waals surface area contributed by atoms with Gasteiger partial charge in [0.15, 0.2) is 0 Å². The summed E-state index contributed by atoms with van der Waals surface area (Å²) in [5.41, 5.74) is 0. The number of hydrogen-bond acceptors (Lipinski definition) is 4. The summed E-state index contributed by atoms with van der Waals surface area (Å²) in [6, 6.07) is 0. The average Bonchev–Trinajstić information content (AvgIpc) is 2.43. The van der Waals surface area contributed by atoms with E-state index in [4.69, 9.17) is 25.9 Å². The van der Waals surface area contributed by atoms with Gasteiger partial charge in [-0.3, -0.25) is 0 Å². The van der Waals surface area contributed by atoms with Gasteiger partial charge in [0, 0.05) is 18.3 Å². The Kier molecular flexibility index (Phi) is 13.9. The normalized spacial score (nSPS) is 14.1. The molecule has 5 heteroatoms. The van der Waals surface area contributed by atoms with Crippen molar-refractivity contribution in [3.8, 4) is 0 Å². The molecule has 3 nitrogen and oxygen atoms in total. The second kappa shape index (κ2) is 13.6. The Morgan fingerprint density at radius 2 is 1.04 bits per heavy atom. The molecule has 0 N–H and O–H groups in total. The van der Waals surface area contributed by atoms with Gasteiger partial charge in [-0.05, 0) is 48.0 Å². The van der Waals surface area contributed by atoms with Crippen LogP contribution >= 0.6 is 12.6 Å². The molecule has 24 heavy (non-hydrogen) atoms. The first kappa shape index (κ1) is 24.4.